The summed E-state index contributed by atoms with van der Waals surface area (Å²) in [6.07, 6.45) is 0.468. The van der Waals surface area contributed by atoms with Gasteiger partial charge in [-0.1, -0.05) is 30.3 Å². The van der Waals surface area contributed by atoms with E-state index >= 15 is 0 Å². The van der Waals surface area contributed by atoms with Crippen LogP contribution in [0.2, 0.25) is 0 Å². The highest BCUT2D eigenvalue weighted by molar-refractivity contribution is 5.82. The minimum absolute atomic E-state index is 0.0940. The molecular weight excluding hydrogens is 214 g/mol. The van der Waals surface area contributed by atoms with Gasteiger partial charge in [-0.3, -0.25) is 9.69 Å². The fraction of sp³-hybridized carbons (Fsp3) is 0.500. The third-order valence-corrected chi connectivity index (χ3v) is 2.74. The lowest BCUT2D eigenvalue weighted by molar-refractivity contribution is -0.120. The molecule has 1 rings (SSSR count). The average molecular weight is 235 g/mol. The molecule has 0 amide bonds. The smallest absolute Gasteiger partial charge is 0.151 e. The second kappa shape index (κ2) is 7.20. The normalized spacial score (nSPS) is 11.1. The first-order valence-corrected chi connectivity index (χ1v) is 6.04. The molecule has 0 aliphatic heterocycles. The molecule has 0 radical (unpaired) electrons. The van der Waals surface area contributed by atoms with E-state index in [2.05, 4.69) is 0 Å². The van der Waals surface area contributed by atoms with Crippen molar-refractivity contribution in [1.82, 2.24) is 4.90 Å². The number of aliphatic hydroxyl groups excluding tert-OH is 1. The Bertz CT molecular complexity index is 335. The topological polar surface area (TPSA) is 40.5 Å². The molecule has 0 spiro atoms. The van der Waals surface area contributed by atoms with Crippen molar-refractivity contribution in [2.45, 2.75) is 26.3 Å². The molecule has 0 saturated carbocycles. The summed E-state index contributed by atoms with van der Waals surface area (Å²) in [6.45, 7) is 5.12. The number of carbonyl (C=O) groups excluding carboxylic acids is 1. The summed E-state index contributed by atoms with van der Waals surface area (Å²) < 4.78 is 0. The number of aliphatic hydroxyl groups is 1. The van der Waals surface area contributed by atoms with Gasteiger partial charge in [0, 0.05) is 19.0 Å². The molecule has 1 N–H and O–H groups in total. The average Bonchev–Trinajstić information content (AvgIpc) is 2.29. The van der Waals surface area contributed by atoms with E-state index in [1.54, 1.807) is 0 Å². The van der Waals surface area contributed by atoms with Crippen molar-refractivity contribution in [1.29, 1.82) is 0 Å². The second-order valence-electron chi connectivity index (χ2n) is 4.49. The molecule has 0 aliphatic rings. The van der Waals surface area contributed by atoms with Crippen LogP contribution in [0.15, 0.2) is 30.3 Å². The third kappa shape index (κ3) is 5.11. The Balaban J connectivity index is 2.48. The number of hydrogen-bond donors (Lipinski definition) is 1. The zero-order chi connectivity index (χ0) is 12.7. The van der Waals surface area contributed by atoms with Crippen LogP contribution in [0.25, 0.3) is 0 Å². The van der Waals surface area contributed by atoms with Crippen LogP contribution in [-0.2, 0) is 11.2 Å². The Kier molecular flexibility index (Phi) is 5.87. The fourth-order valence-corrected chi connectivity index (χ4v) is 1.75. The number of carbonyl (C=O) groups is 1. The maximum atomic E-state index is 11.9. The number of Topliss-reactive ketones (excluding diaryl/α,β-unsaturated/α-hetero) is 1. The summed E-state index contributed by atoms with van der Waals surface area (Å²) in [5.74, 6) is 0.193. The third-order valence-electron chi connectivity index (χ3n) is 2.74. The van der Waals surface area contributed by atoms with Crippen LogP contribution >= 0.6 is 0 Å². The van der Waals surface area contributed by atoms with Crippen LogP contribution in [0, 0.1) is 0 Å². The quantitative estimate of drug-likeness (QED) is 0.778. The van der Waals surface area contributed by atoms with Crippen LogP contribution in [0.1, 0.15) is 19.4 Å². The van der Waals surface area contributed by atoms with Crippen LogP contribution in [-0.4, -0.2) is 41.5 Å². The lowest BCUT2D eigenvalue weighted by atomic mass is 10.1. The van der Waals surface area contributed by atoms with Crippen LogP contribution < -0.4 is 0 Å². The van der Waals surface area contributed by atoms with E-state index in [1.165, 1.54) is 0 Å². The van der Waals surface area contributed by atoms with Gasteiger partial charge in [-0.2, -0.15) is 0 Å². The van der Waals surface area contributed by atoms with Crippen molar-refractivity contribution in [3.8, 4) is 0 Å². The molecule has 0 unspecified atom stereocenters. The Morgan fingerprint density at radius 1 is 1.29 bits per heavy atom. The van der Waals surface area contributed by atoms with Gasteiger partial charge in [0.2, 0.25) is 0 Å². The van der Waals surface area contributed by atoms with E-state index < -0.39 is 0 Å². The van der Waals surface area contributed by atoms with Crippen LogP contribution in [0.3, 0.4) is 0 Å². The maximum absolute atomic E-state index is 11.9. The largest absolute Gasteiger partial charge is 0.395 e. The van der Waals surface area contributed by atoms with Gasteiger partial charge >= 0.3 is 0 Å². The highest BCUT2D eigenvalue weighted by Crippen LogP contribution is 2.03. The summed E-state index contributed by atoms with van der Waals surface area (Å²) in [5, 5.41) is 8.94. The predicted octanol–water partition coefficient (Wildman–Crippen LogP) is 1.50. The van der Waals surface area contributed by atoms with E-state index in [9.17, 15) is 4.79 Å². The molecule has 0 saturated heterocycles. The number of benzene rings is 1. The molecule has 0 aliphatic carbocycles. The summed E-state index contributed by atoms with van der Waals surface area (Å²) in [5.41, 5.74) is 1.05. The van der Waals surface area contributed by atoms with Gasteiger partial charge in [0.1, 0.15) is 0 Å². The highest BCUT2D eigenvalue weighted by Gasteiger charge is 2.13. The van der Waals surface area contributed by atoms with Gasteiger partial charge in [-0.25, -0.2) is 0 Å². The van der Waals surface area contributed by atoms with Gasteiger partial charge in [-0.05, 0) is 19.4 Å². The first-order valence-electron chi connectivity index (χ1n) is 6.04. The van der Waals surface area contributed by atoms with E-state index in [0.717, 1.165) is 5.56 Å². The van der Waals surface area contributed by atoms with E-state index in [-0.39, 0.29) is 18.4 Å². The lowest BCUT2D eigenvalue weighted by Gasteiger charge is -2.24. The zero-order valence-electron chi connectivity index (χ0n) is 10.6. The Morgan fingerprint density at radius 3 is 2.47 bits per heavy atom. The van der Waals surface area contributed by atoms with E-state index in [0.29, 0.717) is 19.5 Å². The predicted molar refractivity (Wildman–Crippen MR) is 68.9 cm³/mol. The zero-order valence-corrected chi connectivity index (χ0v) is 10.6. The van der Waals surface area contributed by atoms with Crippen LogP contribution in [0.4, 0.5) is 0 Å². The molecule has 0 aromatic heterocycles. The summed E-state index contributed by atoms with van der Waals surface area (Å²) >= 11 is 0. The molecule has 0 heterocycles. The Morgan fingerprint density at radius 2 is 1.94 bits per heavy atom. The first kappa shape index (κ1) is 13.9. The fourth-order valence-electron chi connectivity index (χ4n) is 1.75. The molecule has 3 heteroatoms. The van der Waals surface area contributed by atoms with Crippen molar-refractivity contribution in [2.24, 2.45) is 0 Å². The molecule has 3 nitrogen and oxygen atoms in total. The minimum Gasteiger partial charge on any atom is -0.395 e. The standard InChI is InChI=1S/C14H21NO2/c1-12(2)15(8-9-16)11-14(17)10-13-6-4-3-5-7-13/h3-7,12,16H,8-11H2,1-2H3. The van der Waals surface area contributed by atoms with Crippen molar-refractivity contribution >= 4 is 5.78 Å². The SMILES string of the molecule is CC(C)N(CCO)CC(=O)Cc1ccccc1. The van der Waals surface area contributed by atoms with Gasteiger partial charge < -0.3 is 5.11 Å². The minimum atomic E-state index is 0.0940. The maximum Gasteiger partial charge on any atom is 0.151 e. The lowest BCUT2D eigenvalue weighted by Crippen LogP contribution is -2.38. The van der Waals surface area contributed by atoms with Crippen molar-refractivity contribution < 1.29 is 9.90 Å². The second-order valence-corrected chi connectivity index (χ2v) is 4.49. The van der Waals surface area contributed by atoms with Gasteiger partial charge in [-0.15, -0.1) is 0 Å². The summed E-state index contributed by atoms with van der Waals surface area (Å²) in [6, 6.07) is 10.0. The molecule has 94 valence electrons. The van der Waals surface area contributed by atoms with E-state index in [1.807, 2.05) is 49.1 Å². The van der Waals surface area contributed by atoms with E-state index in [4.69, 9.17) is 5.11 Å². The van der Waals surface area contributed by atoms with Crippen molar-refractivity contribution in [3.63, 3.8) is 0 Å². The molecule has 0 atom stereocenters. The molecule has 0 bridgehead atoms. The van der Waals surface area contributed by atoms with Crippen molar-refractivity contribution in [2.75, 3.05) is 19.7 Å². The Labute approximate surface area is 103 Å². The molecule has 0 fully saturated rings. The van der Waals surface area contributed by atoms with Gasteiger partial charge in [0.05, 0.1) is 13.2 Å². The number of nitrogens with zero attached hydrogens (tertiary/aromatic N) is 1. The molecular formula is C14H21NO2. The monoisotopic (exact) mass is 235 g/mol. The molecule has 1 aromatic rings. The number of ketones is 1. The summed E-state index contributed by atoms with van der Waals surface area (Å²) in [4.78, 5) is 13.9. The van der Waals surface area contributed by atoms with Gasteiger partial charge in [0.15, 0.2) is 5.78 Å². The first-order chi connectivity index (χ1) is 8.13. The Hall–Kier alpha value is -1.19. The molecule has 1 aromatic carbocycles. The van der Waals surface area contributed by atoms with Crippen molar-refractivity contribution in [3.05, 3.63) is 35.9 Å². The number of rotatable bonds is 7. The molecule has 17 heavy (non-hydrogen) atoms. The van der Waals surface area contributed by atoms with Crippen LogP contribution in [0.5, 0.6) is 0 Å². The summed E-state index contributed by atoms with van der Waals surface area (Å²) in [7, 11) is 0. The van der Waals surface area contributed by atoms with Gasteiger partial charge in [0.25, 0.3) is 0 Å². The number of hydrogen-bond acceptors (Lipinski definition) is 3. The highest BCUT2D eigenvalue weighted by atomic mass is 16.3.